The maximum absolute atomic E-state index is 13.2. The average molecular weight is 523 g/mol. The Morgan fingerprint density at radius 2 is 1.63 bits per heavy atom. The summed E-state index contributed by atoms with van der Waals surface area (Å²) in [5, 5.41) is 0. The van der Waals surface area contributed by atoms with Crippen LogP contribution in [-0.2, 0) is 9.53 Å². The fraction of sp³-hybridized carbons (Fsp3) is 0.654. The number of halogens is 1. The van der Waals surface area contributed by atoms with Crippen LogP contribution in [0.5, 0.6) is 0 Å². The van der Waals surface area contributed by atoms with Gasteiger partial charge in [-0.05, 0) is 43.2 Å². The van der Waals surface area contributed by atoms with Crippen molar-refractivity contribution in [1.82, 2.24) is 0 Å². The van der Waals surface area contributed by atoms with E-state index in [1.807, 2.05) is 6.07 Å². The topological polar surface area (TPSA) is 26.3 Å². The van der Waals surface area contributed by atoms with Crippen molar-refractivity contribution in [1.29, 1.82) is 0 Å². The molecule has 166 valence electrons. The second kappa shape index (κ2) is 10.6. The van der Waals surface area contributed by atoms with Gasteiger partial charge in [-0.3, -0.25) is 4.79 Å². The molecule has 4 rings (SSSR count). The zero-order valence-electron chi connectivity index (χ0n) is 18.7. The van der Waals surface area contributed by atoms with Crippen LogP contribution in [0.15, 0.2) is 36.4 Å². The number of hydrogen-bond donors (Lipinski definition) is 0. The van der Waals surface area contributed by atoms with Crippen molar-refractivity contribution >= 4 is 11.5 Å². The number of rotatable bonds is 7. The Morgan fingerprint density at radius 3 is 2.23 bits per heavy atom. The van der Waals surface area contributed by atoms with E-state index in [1.54, 1.807) is 0 Å². The highest BCUT2D eigenvalue weighted by Crippen LogP contribution is 2.44. The molecule has 0 aromatic heterocycles. The van der Waals surface area contributed by atoms with Crippen LogP contribution in [0.4, 0.5) is 0 Å². The summed E-state index contributed by atoms with van der Waals surface area (Å²) in [4.78, 5) is 13.2. The number of nitrogens with zero attached hydrogens (tertiary/aromatic N) is 1. The van der Waals surface area contributed by atoms with E-state index >= 15 is 0 Å². The highest BCUT2D eigenvalue weighted by Gasteiger charge is 2.54. The minimum Gasteiger partial charge on any atom is -1.00 e. The van der Waals surface area contributed by atoms with Crippen LogP contribution < -0.4 is 24.0 Å². The van der Waals surface area contributed by atoms with E-state index in [4.69, 9.17) is 4.74 Å². The molecule has 4 heteroatoms. The number of piperidine rings is 1. The molecule has 2 fully saturated rings. The van der Waals surface area contributed by atoms with Gasteiger partial charge in [0, 0.05) is 25.7 Å². The number of carbonyl (C=O) groups excluding carboxylic acids is 1. The first-order valence-corrected chi connectivity index (χ1v) is 12.0. The second-order valence-corrected chi connectivity index (χ2v) is 9.47. The fourth-order valence-corrected chi connectivity index (χ4v) is 6.64. The summed E-state index contributed by atoms with van der Waals surface area (Å²) in [6.07, 6.45) is 12.7. The summed E-state index contributed by atoms with van der Waals surface area (Å²) in [5.74, 6) is -0.0635. The van der Waals surface area contributed by atoms with Crippen LogP contribution in [0.1, 0.15) is 77.2 Å². The van der Waals surface area contributed by atoms with E-state index < -0.39 is 0 Å². The zero-order chi connectivity index (χ0) is 20.3. The molecule has 3 nitrogen and oxygen atoms in total. The molecule has 3 aliphatic rings. The number of benzene rings is 1. The molecule has 1 aromatic rings. The Labute approximate surface area is 199 Å². The molecule has 0 radical (unpaired) electrons. The Balaban J connectivity index is 0.00000256. The number of fused-ring (bicyclic) bond motifs is 2. The van der Waals surface area contributed by atoms with E-state index in [0.717, 1.165) is 32.1 Å². The first-order valence-electron chi connectivity index (χ1n) is 12.0. The Morgan fingerprint density at radius 1 is 1.00 bits per heavy atom. The van der Waals surface area contributed by atoms with Crippen LogP contribution in [0.3, 0.4) is 0 Å². The molecular formula is C26H38INO2. The standard InChI is InChI=1S/C26H38NO2.HI/c1-3-16-27(17-4-2)21-14-15-22(27)19-23(18-21)29-26(28)25-13-9-8-12-24(25)20-10-6-5-7-11-20;/h5-7,10-12,21-23,25H,3-4,8-9,13-19H2,1-2H3;1H/q+1;/p-1. The lowest BCUT2D eigenvalue weighted by Crippen LogP contribution is -3.00. The molecule has 2 aliphatic heterocycles. The van der Waals surface area contributed by atoms with Crippen molar-refractivity contribution in [3.05, 3.63) is 42.0 Å². The summed E-state index contributed by atoms with van der Waals surface area (Å²) in [6, 6.07) is 11.8. The molecule has 0 amide bonds. The molecular weight excluding hydrogens is 485 g/mol. The van der Waals surface area contributed by atoms with Gasteiger partial charge in [0.1, 0.15) is 6.10 Å². The van der Waals surface area contributed by atoms with Gasteiger partial charge < -0.3 is 33.2 Å². The van der Waals surface area contributed by atoms with Gasteiger partial charge in [-0.15, -0.1) is 0 Å². The number of hydrogen-bond acceptors (Lipinski definition) is 2. The lowest BCUT2D eigenvalue weighted by molar-refractivity contribution is -0.966. The molecule has 1 aliphatic carbocycles. The monoisotopic (exact) mass is 523 g/mol. The zero-order valence-corrected chi connectivity index (χ0v) is 20.9. The largest absolute Gasteiger partial charge is 1.00 e. The second-order valence-electron chi connectivity index (χ2n) is 9.47. The minimum absolute atomic E-state index is 0. The van der Waals surface area contributed by atoms with Crippen LogP contribution in [0.2, 0.25) is 0 Å². The molecule has 1 aromatic carbocycles. The molecule has 2 bridgehead atoms. The summed E-state index contributed by atoms with van der Waals surface area (Å²) >= 11 is 0. The summed E-state index contributed by atoms with van der Waals surface area (Å²) in [7, 11) is 0. The predicted molar refractivity (Wildman–Crippen MR) is 118 cm³/mol. The van der Waals surface area contributed by atoms with Crippen LogP contribution in [-0.4, -0.2) is 41.7 Å². The van der Waals surface area contributed by atoms with Crippen molar-refractivity contribution in [3.8, 4) is 0 Å². The number of ether oxygens (including phenoxy) is 1. The summed E-state index contributed by atoms with van der Waals surface area (Å²) in [5.41, 5.74) is 2.36. The Bertz CT molecular complexity index is 710. The van der Waals surface area contributed by atoms with Gasteiger partial charge in [0.05, 0.1) is 31.1 Å². The average Bonchev–Trinajstić information content (AvgIpc) is 2.92. The van der Waals surface area contributed by atoms with Crippen molar-refractivity contribution < 1.29 is 38.0 Å². The molecule has 2 heterocycles. The van der Waals surface area contributed by atoms with E-state index in [9.17, 15) is 4.79 Å². The quantitative estimate of drug-likeness (QED) is 0.312. The normalized spacial score (nSPS) is 29.6. The SMILES string of the molecule is CCC[N+]1(CCC)C2CCC1CC(OC(=O)C1CCCC=C1c1ccccc1)C2.[I-]. The highest BCUT2D eigenvalue weighted by molar-refractivity contribution is 5.89. The van der Waals surface area contributed by atoms with E-state index in [-0.39, 0.29) is 42.0 Å². The third-order valence-corrected chi connectivity index (χ3v) is 7.75. The molecule has 3 atom stereocenters. The fourth-order valence-electron chi connectivity index (χ4n) is 6.64. The molecule has 0 spiro atoms. The first kappa shape index (κ1) is 23.8. The number of allylic oxidation sites excluding steroid dienone is 1. The lowest BCUT2D eigenvalue weighted by atomic mass is 9.83. The van der Waals surface area contributed by atoms with E-state index in [2.05, 4.69) is 44.2 Å². The number of esters is 1. The van der Waals surface area contributed by atoms with Crippen molar-refractivity contribution in [2.75, 3.05) is 13.1 Å². The lowest BCUT2D eigenvalue weighted by Gasteiger charge is -2.49. The predicted octanol–water partition coefficient (Wildman–Crippen LogP) is 2.75. The Kier molecular flexibility index (Phi) is 8.42. The number of carbonyl (C=O) groups is 1. The molecule has 3 unspecified atom stereocenters. The van der Waals surface area contributed by atoms with Gasteiger partial charge in [-0.1, -0.05) is 50.3 Å². The van der Waals surface area contributed by atoms with Crippen LogP contribution in [0, 0.1) is 5.92 Å². The molecule has 30 heavy (non-hydrogen) atoms. The van der Waals surface area contributed by atoms with Gasteiger partial charge in [0.2, 0.25) is 0 Å². The summed E-state index contributed by atoms with van der Waals surface area (Å²) in [6.45, 7) is 7.24. The van der Waals surface area contributed by atoms with Crippen LogP contribution in [0.25, 0.3) is 5.57 Å². The van der Waals surface area contributed by atoms with E-state index in [1.165, 1.54) is 54.4 Å². The van der Waals surface area contributed by atoms with Crippen molar-refractivity contribution in [2.24, 2.45) is 5.92 Å². The van der Waals surface area contributed by atoms with Gasteiger partial charge in [-0.25, -0.2) is 0 Å². The minimum atomic E-state index is -0.0868. The maximum Gasteiger partial charge on any atom is 0.313 e. The Hall–Kier alpha value is -0.880. The third-order valence-electron chi connectivity index (χ3n) is 7.75. The van der Waals surface area contributed by atoms with Gasteiger partial charge in [0.15, 0.2) is 0 Å². The van der Waals surface area contributed by atoms with Crippen molar-refractivity contribution in [2.45, 2.75) is 89.8 Å². The van der Waals surface area contributed by atoms with Crippen LogP contribution >= 0.6 is 0 Å². The molecule has 0 N–H and O–H groups in total. The van der Waals surface area contributed by atoms with Crippen molar-refractivity contribution in [3.63, 3.8) is 0 Å². The summed E-state index contributed by atoms with van der Waals surface area (Å²) < 4.78 is 7.53. The third kappa shape index (κ3) is 4.64. The van der Waals surface area contributed by atoms with Gasteiger partial charge in [-0.2, -0.15) is 0 Å². The van der Waals surface area contributed by atoms with E-state index in [0.29, 0.717) is 12.1 Å². The smallest absolute Gasteiger partial charge is 0.313 e. The maximum atomic E-state index is 13.2. The molecule has 2 saturated heterocycles. The first-order chi connectivity index (χ1) is 14.2. The van der Waals surface area contributed by atoms with Gasteiger partial charge in [0.25, 0.3) is 0 Å². The van der Waals surface area contributed by atoms with Gasteiger partial charge >= 0.3 is 5.97 Å². The molecule has 0 saturated carbocycles. The number of quaternary nitrogens is 1. The highest BCUT2D eigenvalue weighted by atomic mass is 127.